The lowest BCUT2D eigenvalue weighted by Crippen LogP contribution is -2.40. The number of aliphatic hydroxyl groups excluding tert-OH is 1. The molecule has 3 aromatic carbocycles. The molecule has 0 spiro atoms. The molecule has 0 radical (unpaired) electrons. The first kappa shape index (κ1) is 27.2. The van der Waals surface area contributed by atoms with Crippen LogP contribution in [0.2, 0.25) is 0 Å². The molecule has 188 valence electrons. The van der Waals surface area contributed by atoms with Crippen LogP contribution in [-0.4, -0.2) is 33.9 Å². The highest BCUT2D eigenvalue weighted by Gasteiger charge is 2.36. The van der Waals surface area contributed by atoms with Crippen molar-refractivity contribution in [3.05, 3.63) is 121 Å². The number of imidazole rings is 1. The zero-order chi connectivity index (χ0) is 25.2. The number of hydrogen-bond acceptors (Lipinski definition) is 5. The van der Waals surface area contributed by atoms with Crippen LogP contribution in [0, 0.1) is 7.40 Å². The number of aromatic nitrogens is 2. The van der Waals surface area contributed by atoms with Gasteiger partial charge in [0.25, 0.3) is 0 Å². The van der Waals surface area contributed by atoms with Crippen molar-refractivity contribution in [2.24, 2.45) is 0 Å². The van der Waals surface area contributed by atoms with Crippen LogP contribution < -0.4 is 0 Å². The fourth-order valence-corrected chi connectivity index (χ4v) is 4.55. The molecule has 1 aromatic heterocycles. The Morgan fingerprint density at radius 2 is 1.17 bits per heavy atom. The van der Waals surface area contributed by atoms with Gasteiger partial charge in [0, 0.05) is 0 Å². The number of nitrogens with zero attached hydrogens (tertiary/aromatic N) is 1. The van der Waals surface area contributed by atoms with Gasteiger partial charge in [-0.2, -0.15) is 0 Å². The standard InChI is InChI=1S/C28H28I2N2O4/c29-26-27(30)32-28(31-26)25(36-19-22-14-8-3-9-15-22)24(35-18-21-12-6-2-7-13-21)23(16-33)34-17-20-10-4-1-5-11-20/h1-15,23-25,33H,16-19H2,(H,31,32)/t23-,24-,25+/m0/s1. The van der Waals surface area contributed by atoms with E-state index in [2.05, 4.69) is 50.2 Å². The normalized spacial score (nSPS) is 13.9. The summed E-state index contributed by atoms with van der Waals surface area (Å²) in [7, 11) is 0. The molecule has 0 saturated heterocycles. The van der Waals surface area contributed by atoms with Crippen molar-refractivity contribution in [3.63, 3.8) is 0 Å². The molecule has 6 nitrogen and oxygen atoms in total. The molecule has 36 heavy (non-hydrogen) atoms. The quantitative estimate of drug-likeness (QED) is 0.166. The van der Waals surface area contributed by atoms with Gasteiger partial charge in [0.2, 0.25) is 0 Å². The molecular weight excluding hydrogens is 682 g/mol. The summed E-state index contributed by atoms with van der Waals surface area (Å²) >= 11 is 4.42. The smallest absolute Gasteiger partial charge is 0.144 e. The van der Waals surface area contributed by atoms with Crippen molar-refractivity contribution in [1.29, 1.82) is 0 Å². The third-order valence-corrected chi connectivity index (χ3v) is 8.21. The van der Waals surface area contributed by atoms with E-state index < -0.39 is 18.3 Å². The zero-order valence-electron chi connectivity index (χ0n) is 19.6. The van der Waals surface area contributed by atoms with Crippen LogP contribution in [0.25, 0.3) is 0 Å². The fourth-order valence-electron chi connectivity index (χ4n) is 3.76. The summed E-state index contributed by atoms with van der Waals surface area (Å²) in [4.78, 5) is 8.05. The minimum atomic E-state index is -0.643. The van der Waals surface area contributed by atoms with E-state index in [9.17, 15) is 5.11 Å². The highest BCUT2D eigenvalue weighted by atomic mass is 127. The Balaban J connectivity index is 1.62. The Morgan fingerprint density at radius 1 is 0.694 bits per heavy atom. The molecular formula is C28H28I2N2O4. The van der Waals surface area contributed by atoms with E-state index in [1.807, 2.05) is 91.0 Å². The molecule has 2 N–H and O–H groups in total. The van der Waals surface area contributed by atoms with Crippen LogP contribution in [0.1, 0.15) is 28.6 Å². The van der Waals surface area contributed by atoms with Crippen LogP contribution >= 0.6 is 45.2 Å². The van der Waals surface area contributed by atoms with E-state index in [1.165, 1.54) is 0 Å². The van der Waals surface area contributed by atoms with Gasteiger partial charge in [-0.25, -0.2) is 4.98 Å². The number of aliphatic hydroxyl groups is 1. The highest BCUT2D eigenvalue weighted by molar-refractivity contribution is 14.1. The van der Waals surface area contributed by atoms with Crippen molar-refractivity contribution in [2.75, 3.05) is 6.61 Å². The van der Waals surface area contributed by atoms with Crippen molar-refractivity contribution in [2.45, 2.75) is 38.1 Å². The molecule has 0 unspecified atom stereocenters. The van der Waals surface area contributed by atoms with E-state index in [4.69, 9.17) is 19.2 Å². The maximum atomic E-state index is 10.4. The Labute approximate surface area is 238 Å². The van der Waals surface area contributed by atoms with Crippen LogP contribution in [-0.2, 0) is 34.0 Å². The van der Waals surface area contributed by atoms with Gasteiger partial charge >= 0.3 is 0 Å². The van der Waals surface area contributed by atoms with Crippen molar-refractivity contribution < 1.29 is 19.3 Å². The molecule has 0 aliphatic heterocycles. The first-order valence-electron chi connectivity index (χ1n) is 11.6. The number of nitrogens with one attached hydrogen (secondary N) is 1. The first-order chi connectivity index (χ1) is 17.6. The van der Waals surface area contributed by atoms with Crippen LogP contribution in [0.5, 0.6) is 0 Å². The molecule has 0 saturated carbocycles. The van der Waals surface area contributed by atoms with Gasteiger partial charge in [0.15, 0.2) is 0 Å². The van der Waals surface area contributed by atoms with Crippen LogP contribution in [0.4, 0.5) is 0 Å². The Bertz CT molecular complexity index is 1160. The number of benzene rings is 3. The van der Waals surface area contributed by atoms with Crippen molar-refractivity contribution in [3.8, 4) is 0 Å². The van der Waals surface area contributed by atoms with E-state index >= 15 is 0 Å². The summed E-state index contributed by atoms with van der Waals surface area (Å²) < 4.78 is 20.9. The maximum Gasteiger partial charge on any atom is 0.144 e. The predicted octanol–water partition coefficient (Wildman–Crippen LogP) is 6.04. The van der Waals surface area contributed by atoms with Crippen LogP contribution in [0.15, 0.2) is 91.0 Å². The molecule has 4 aromatic rings. The average molecular weight is 710 g/mol. The van der Waals surface area contributed by atoms with Gasteiger partial charge in [-0.1, -0.05) is 91.0 Å². The Hall–Kier alpha value is -1.83. The molecule has 0 amide bonds. The van der Waals surface area contributed by atoms with Crippen LogP contribution in [0.3, 0.4) is 0 Å². The summed E-state index contributed by atoms with van der Waals surface area (Å²) in [6.07, 6.45) is -1.87. The monoisotopic (exact) mass is 710 g/mol. The lowest BCUT2D eigenvalue weighted by molar-refractivity contribution is -0.165. The Kier molecular flexibility index (Phi) is 10.7. The molecule has 0 fully saturated rings. The zero-order valence-corrected chi connectivity index (χ0v) is 23.9. The molecule has 1 heterocycles. The molecule has 0 aliphatic rings. The van der Waals surface area contributed by atoms with E-state index in [1.54, 1.807) is 0 Å². The first-order valence-corrected chi connectivity index (χ1v) is 13.8. The number of ether oxygens (including phenoxy) is 3. The number of H-pyrrole nitrogens is 1. The molecule has 4 rings (SSSR count). The van der Waals surface area contributed by atoms with E-state index in [0.717, 1.165) is 24.1 Å². The van der Waals surface area contributed by atoms with Gasteiger partial charge in [0.1, 0.15) is 31.5 Å². The SMILES string of the molecule is OC[C@H](OCc1ccccc1)[C@H](OCc1ccccc1)[C@@H](OCc1ccccc1)c1nc(I)c(I)[nH]1. The molecule has 0 aliphatic carbocycles. The number of halogens is 2. The van der Waals surface area contributed by atoms with Gasteiger partial charge in [0.05, 0.1) is 26.4 Å². The van der Waals surface area contributed by atoms with Crippen molar-refractivity contribution in [1.82, 2.24) is 9.97 Å². The summed E-state index contributed by atoms with van der Waals surface area (Å²) in [5.74, 6) is 0.638. The number of hydrogen-bond donors (Lipinski definition) is 2. The highest BCUT2D eigenvalue weighted by Crippen LogP contribution is 2.29. The number of aromatic amines is 1. The topological polar surface area (TPSA) is 76.6 Å². The summed E-state index contributed by atoms with van der Waals surface area (Å²) in [5.41, 5.74) is 3.07. The van der Waals surface area contributed by atoms with Gasteiger partial charge in [-0.05, 0) is 61.9 Å². The Morgan fingerprint density at radius 3 is 1.61 bits per heavy atom. The second kappa shape index (κ2) is 14.2. The lowest BCUT2D eigenvalue weighted by Gasteiger charge is -2.32. The van der Waals surface area contributed by atoms with E-state index in [0.29, 0.717) is 25.6 Å². The number of rotatable bonds is 13. The van der Waals surface area contributed by atoms with Gasteiger partial charge < -0.3 is 24.3 Å². The summed E-state index contributed by atoms with van der Waals surface area (Å²) in [6, 6.07) is 29.8. The minimum absolute atomic E-state index is 0.230. The molecule has 8 heteroatoms. The molecule has 0 bridgehead atoms. The van der Waals surface area contributed by atoms with Gasteiger partial charge in [-0.3, -0.25) is 0 Å². The second-order valence-electron chi connectivity index (χ2n) is 8.22. The minimum Gasteiger partial charge on any atom is -0.394 e. The third kappa shape index (κ3) is 7.83. The predicted molar refractivity (Wildman–Crippen MR) is 155 cm³/mol. The average Bonchev–Trinajstić information content (AvgIpc) is 3.26. The third-order valence-electron chi connectivity index (χ3n) is 5.62. The van der Waals surface area contributed by atoms with Crippen molar-refractivity contribution >= 4 is 45.2 Å². The van der Waals surface area contributed by atoms with E-state index in [-0.39, 0.29) is 6.61 Å². The summed E-state index contributed by atoms with van der Waals surface area (Å²) in [6.45, 7) is 0.820. The lowest BCUT2D eigenvalue weighted by atomic mass is 10.1. The fraction of sp³-hybridized carbons (Fsp3) is 0.250. The summed E-state index contributed by atoms with van der Waals surface area (Å²) in [5, 5.41) is 10.4. The maximum absolute atomic E-state index is 10.4. The van der Waals surface area contributed by atoms with Gasteiger partial charge in [-0.15, -0.1) is 0 Å². The second-order valence-corrected chi connectivity index (χ2v) is 10.3. The molecule has 3 atom stereocenters. The largest absolute Gasteiger partial charge is 0.394 e.